The highest BCUT2D eigenvalue weighted by molar-refractivity contribution is 5.53. The third-order valence-corrected chi connectivity index (χ3v) is 3.13. The normalized spacial score (nSPS) is 10.5. The number of nitrogens with one attached hydrogen (secondary N) is 1. The summed E-state index contributed by atoms with van der Waals surface area (Å²) in [4.78, 5) is 8.68. The van der Waals surface area contributed by atoms with Crippen molar-refractivity contribution >= 4 is 5.69 Å². The molecule has 0 radical (unpaired) electrons. The number of rotatable bonds is 5. The van der Waals surface area contributed by atoms with E-state index < -0.39 is 0 Å². The highest BCUT2D eigenvalue weighted by Gasteiger charge is 2.11. The molecule has 3 aromatic rings. The van der Waals surface area contributed by atoms with Gasteiger partial charge in [-0.05, 0) is 30.7 Å². The minimum atomic E-state index is 0.544. The van der Waals surface area contributed by atoms with Gasteiger partial charge in [0.25, 0.3) is 0 Å². The van der Waals surface area contributed by atoms with E-state index in [9.17, 15) is 0 Å². The number of anilines is 1. The van der Waals surface area contributed by atoms with Gasteiger partial charge in [-0.15, -0.1) is 0 Å². The zero-order valence-electron chi connectivity index (χ0n) is 11.8. The standard InChI is InChI=1S/C16H16N4O/c1-12-6-5-10-18-15(12)16-19-14(21-20-16)9-11-17-13-7-3-2-4-8-13/h2-8,10,17H,9,11H2,1H3. The first-order valence-corrected chi connectivity index (χ1v) is 6.86. The summed E-state index contributed by atoms with van der Waals surface area (Å²) < 4.78 is 5.27. The molecule has 21 heavy (non-hydrogen) atoms. The first-order valence-electron chi connectivity index (χ1n) is 6.86. The number of para-hydroxylation sites is 1. The highest BCUT2D eigenvalue weighted by Crippen LogP contribution is 2.17. The number of pyridine rings is 1. The van der Waals surface area contributed by atoms with Crippen molar-refractivity contribution in [1.29, 1.82) is 0 Å². The molecule has 0 saturated heterocycles. The molecular weight excluding hydrogens is 264 g/mol. The van der Waals surface area contributed by atoms with E-state index in [0.29, 0.717) is 18.1 Å². The molecule has 0 aliphatic heterocycles. The maximum absolute atomic E-state index is 5.27. The third kappa shape index (κ3) is 3.25. The molecule has 0 fully saturated rings. The summed E-state index contributed by atoms with van der Waals surface area (Å²) in [6, 6.07) is 13.9. The van der Waals surface area contributed by atoms with Gasteiger partial charge < -0.3 is 9.84 Å². The average Bonchev–Trinajstić information content (AvgIpc) is 2.97. The van der Waals surface area contributed by atoms with E-state index in [0.717, 1.165) is 23.5 Å². The number of aryl methyl sites for hydroxylation is 1. The highest BCUT2D eigenvalue weighted by atomic mass is 16.5. The predicted molar refractivity (Wildman–Crippen MR) is 80.9 cm³/mol. The van der Waals surface area contributed by atoms with E-state index in [4.69, 9.17) is 4.52 Å². The Kier molecular flexibility index (Phi) is 3.91. The van der Waals surface area contributed by atoms with Crippen molar-refractivity contribution in [2.45, 2.75) is 13.3 Å². The molecule has 3 rings (SSSR count). The Labute approximate surface area is 123 Å². The molecule has 1 N–H and O–H groups in total. The molecule has 0 spiro atoms. The van der Waals surface area contributed by atoms with Crippen LogP contribution >= 0.6 is 0 Å². The van der Waals surface area contributed by atoms with Crippen LogP contribution in [0, 0.1) is 6.92 Å². The topological polar surface area (TPSA) is 63.8 Å². The van der Waals surface area contributed by atoms with Crippen molar-refractivity contribution in [3.8, 4) is 11.5 Å². The molecule has 0 bridgehead atoms. The number of hydrogen-bond acceptors (Lipinski definition) is 5. The molecule has 0 unspecified atom stereocenters. The molecular formula is C16H16N4O. The largest absolute Gasteiger partial charge is 0.385 e. The van der Waals surface area contributed by atoms with E-state index in [-0.39, 0.29) is 0 Å². The molecule has 2 heterocycles. The number of benzene rings is 1. The van der Waals surface area contributed by atoms with Gasteiger partial charge in [0.2, 0.25) is 11.7 Å². The minimum absolute atomic E-state index is 0.544. The average molecular weight is 280 g/mol. The summed E-state index contributed by atoms with van der Waals surface area (Å²) in [6.07, 6.45) is 2.41. The Bertz CT molecular complexity index is 709. The lowest BCUT2D eigenvalue weighted by Crippen LogP contribution is -2.04. The second-order valence-electron chi connectivity index (χ2n) is 4.72. The zero-order valence-corrected chi connectivity index (χ0v) is 11.8. The molecule has 2 aromatic heterocycles. The monoisotopic (exact) mass is 280 g/mol. The Morgan fingerprint density at radius 1 is 1.10 bits per heavy atom. The second-order valence-corrected chi connectivity index (χ2v) is 4.72. The minimum Gasteiger partial charge on any atom is -0.385 e. The van der Waals surface area contributed by atoms with E-state index in [1.807, 2.05) is 49.4 Å². The predicted octanol–water partition coefficient (Wildman–Crippen LogP) is 3.09. The number of hydrogen-bond donors (Lipinski definition) is 1. The summed E-state index contributed by atoms with van der Waals surface area (Å²) in [5.74, 6) is 1.15. The zero-order chi connectivity index (χ0) is 14.5. The molecule has 5 nitrogen and oxygen atoms in total. The van der Waals surface area contributed by atoms with Crippen molar-refractivity contribution in [2.24, 2.45) is 0 Å². The number of nitrogens with zero attached hydrogens (tertiary/aromatic N) is 3. The molecule has 0 saturated carbocycles. The summed E-state index contributed by atoms with van der Waals surface area (Å²) >= 11 is 0. The van der Waals surface area contributed by atoms with Crippen molar-refractivity contribution in [3.63, 3.8) is 0 Å². The van der Waals surface area contributed by atoms with E-state index >= 15 is 0 Å². The van der Waals surface area contributed by atoms with Gasteiger partial charge in [-0.3, -0.25) is 4.98 Å². The van der Waals surface area contributed by atoms with Crippen LogP contribution in [0.5, 0.6) is 0 Å². The van der Waals surface area contributed by atoms with Crippen LogP contribution in [0.25, 0.3) is 11.5 Å². The van der Waals surface area contributed by atoms with E-state index in [1.165, 1.54) is 0 Å². The maximum Gasteiger partial charge on any atom is 0.228 e. The van der Waals surface area contributed by atoms with Crippen LogP contribution in [0.1, 0.15) is 11.5 Å². The molecule has 0 aliphatic rings. The first kappa shape index (κ1) is 13.3. The van der Waals surface area contributed by atoms with Crippen molar-refractivity contribution in [2.75, 3.05) is 11.9 Å². The van der Waals surface area contributed by atoms with E-state index in [2.05, 4.69) is 20.4 Å². The lowest BCUT2D eigenvalue weighted by atomic mass is 10.2. The van der Waals surface area contributed by atoms with Crippen LogP contribution in [0.2, 0.25) is 0 Å². The third-order valence-electron chi connectivity index (χ3n) is 3.13. The maximum atomic E-state index is 5.27. The van der Waals surface area contributed by atoms with Crippen molar-refractivity contribution in [1.82, 2.24) is 15.1 Å². The quantitative estimate of drug-likeness (QED) is 0.778. The fraction of sp³-hybridized carbons (Fsp3) is 0.188. The van der Waals surface area contributed by atoms with Crippen LogP contribution in [0.3, 0.4) is 0 Å². The molecule has 0 amide bonds. The van der Waals surface area contributed by atoms with Gasteiger partial charge in [0, 0.05) is 24.8 Å². The van der Waals surface area contributed by atoms with Crippen LogP contribution in [0.15, 0.2) is 53.2 Å². The summed E-state index contributed by atoms with van der Waals surface area (Å²) in [5, 5.41) is 7.31. The summed E-state index contributed by atoms with van der Waals surface area (Å²) in [7, 11) is 0. The second kappa shape index (κ2) is 6.17. The molecule has 5 heteroatoms. The SMILES string of the molecule is Cc1cccnc1-c1noc(CCNc2ccccc2)n1. The fourth-order valence-electron chi connectivity index (χ4n) is 2.04. The van der Waals surface area contributed by atoms with Crippen molar-refractivity contribution in [3.05, 3.63) is 60.1 Å². The summed E-state index contributed by atoms with van der Waals surface area (Å²) in [5.41, 5.74) is 2.88. The Morgan fingerprint density at radius 3 is 2.76 bits per heavy atom. The lowest BCUT2D eigenvalue weighted by Gasteiger charge is -2.02. The molecule has 0 atom stereocenters. The number of aromatic nitrogens is 3. The molecule has 106 valence electrons. The van der Waals surface area contributed by atoms with Gasteiger partial charge in [-0.2, -0.15) is 4.98 Å². The smallest absolute Gasteiger partial charge is 0.228 e. The Balaban J connectivity index is 1.62. The van der Waals surface area contributed by atoms with Crippen LogP contribution in [0.4, 0.5) is 5.69 Å². The van der Waals surface area contributed by atoms with Crippen molar-refractivity contribution < 1.29 is 4.52 Å². The Morgan fingerprint density at radius 2 is 1.95 bits per heavy atom. The van der Waals surface area contributed by atoms with Crippen LogP contribution in [-0.2, 0) is 6.42 Å². The van der Waals surface area contributed by atoms with E-state index in [1.54, 1.807) is 6.20 Å². The van der Waals surface area contributed by atoms with Gasteiger partial charge >= 0.3 is 0 Å². The first-order chi connectivity index (χ1) is 10.3. The van der Waals surface area contributed by atoms with Gasteiger partial charge in [-0.1, -0.05) is 29.4 Å². The summed E-state index contributed by atoms with van der Waals surface area (Å²) in [6.45, 7) is 2.72. The van der Waals surface area contributed by atoms with Crippen LogP contribution in [-0.4, -0.2) is 21.7 Å². The van der Waals surface area contributed by atoms with Gasteiger partial charge in [-0.25, -0.2) is 0 Å². The fourth-order valence-corrected chi connectivity index (χ4v) is 2.04. The van der Waals surface area contributed by atoms with Crippen LogP contribution < -0.4 is 5.32 Å². The Hall–Kier alpha value is -2.69. The van der Waals surface area contributed by atoms with Gasteiger partial charge in [0.15, 0.2) is 0 Å². The molecule has 1 aromatic carbocycles. The lowest BCUT2D eigenvalue weighted by molar-refractivity contribution is 0.381. The van der Waals surface area contributed by atoms with Gasteiger partial charge in [0.1, 0.15) is 5.69 Å². The van der Waals surface area contributed by atoms with Gasteiger partial charge in [0.05, 0.1) is 0 Å². The molecule has 0 aliphatic carbocycles.